The van der Waals surface area contributed by atoms with E-state index in [0.717, 1.165) is 30.6 Å². The Hall–Kier alpha value is -2.07. The topological polar surface area (TPSA) is 29.0 Å². The van der Waals surface area contributed by atoms with Gasteiger partial charge < -0.3 is 4.90 Å². The van der Waals surface area contributed by atoms with Crippen molar-refractivity contribution < 1.29 is 4.39 Å². The van der Waals surface area contributed by atoms with Crippen LogP contribution in [0.25, 0.3) is 5.57 Å². The molecule has 1 unspecified atom stereocenters. The van der Waals surface area contributed by atoms with Gasteiger partial charge in [0.1, 0.15) is 5.82 Å². The van der Waals surface area contributed by atoms with Gasteiger partial charge in [-0.1, -0.05) is 18.6 Å². The number of benzene rings is 1. The standard InChI is InChI=1S/C20H22FN3/c1-14(19-4-2-8-22-23-19)20-15(7-11-24-9-3-10-24)12-16-13-17(21)5-6-18(16)20/h2,4-6,8,13-14H,3,7,9-12H2,1H3. The molecule has 2 aliphatic rings. The molecule has 1 aromatic carbocycles. The summed E-state index contributed by atoms with van der Waals surface area (Å²) in [5.41, 5.74) is 6.03. The van der Waals surface area contributed by atoms with Crippen LogP contribution in [0, 0.1) is 5.82 Å². The normalized spacial score (nSPS) is 18.4. The molecule has 1 aliphatic heterocycles. The largest absolute Gasteiger partial charge is 0.303 e. The number of aromatic nitrogens is 2. The van der Waals surface area contributed by atoms with Crippen molar-refractivity contribution in [3.8, 4) is 0 Å². The molecule has 124 valence electrons. The van der Waals surface area contributed by atoms with Gasteiger partial charge in [0.25, 0.3) is 0 Å². The summed E-state index contributed by atoms with van der Waals surface area (Å²) in [6.45, 7) is 5.71. The molecule has 2 heterocycles. The van der Waals surface area contributed by atoms with E-state index in [0.29, 0.717) is 0 Å². The minimum atomic E-state index is -0.149. The van der Waals surface area contributed by atoms with Crippen LogP contribution >= 0.6 is 0 Å². The third kappa shape index (κ3) is 2.86. The Labute approximate surface area is 142 Å². The highest BCUT2D eigenvalue weighted by Crippen LogP contribution is 2.42. The summed E-state index contributed by atoms with van der Waals surface area (Å²) < 4.78 is 13.7. The first-order valence-corrected chi connectivity index (χ1v) is 8.73. The fraction of sp³-hybridized carbons (Fsp3) is 0.400. The molecule has 1 aromatic heterocycles. The van der Waals surface area contributed by atoms with Crippen molar-refractivity contribution in [3.05, 3.63) is 64.7 Å². The molecule has 0 amide bonds. The average molecular weight is 323 g/mol. The predicted molar refractivity (Wildman–Crippen MR) is 93.1 cm³/mol. The maximum atomic E-state index is 13.7. The number of likely N-dealkylation sites (tertiary alicyclic amines) is 1. The quantitative estimate of drug-likeness (QED) is 0.837. The highest BCUT2D eigenvalue weighted by Gasteiger charge is 2.28. The van der Waals surface area contributed by atoms with Gasteiger partial charge in [-0.2, -0.15) is 10.2 Å². The number of hydrogen-bond acceptors (Lipinski definition) is 3. The lowest BCUT2D eigenvalue weighted by Gasteiger charge is -2.31. The Morgan fingerprint density at radius 3 is 2.83 bits per heavy atom. The fourth-order valence-electron chi connectivity index (χ4n) is 3.84. The van der Waals surface area contributed by atoms with Crippen molar-refractivity contribution in [3.63, 3.8) is 0 Å². The molecule has 0 N–H and O–H groups in total. The highest BCUT2D eigenvalue weighted by atomic mass is 19.1. The first-order chi connectivity index (χ1) is 11.7. The average Bonchev–Trinajstić information content (AvgIpc) is 2.91. The van der Waals surface area contributed by atoms with E-state index in [4.69, 9.17) is 0 Å². The van der Waals surface area contributed by atoms with Crippen LogP contribution in [-0.4, -0.2) is 34.7 Å². The van der Waals surface area contributed by atoms with Crippen LogP contribution in [0.15, 0.2) is 42.1 Å². The first kappa shape index (κ1) is 15.5. The number of rotatable bonds is 5. The molecule has 3 nitrogen and oxygen atoms in total. The molecule has 0 spiro atoms. The molecule has 1 saturated heterocycles. The zero-order chi connectivity index (χ0) is 16.5. The van der Waals surface area contributed by atoms with E-state index in [1.54, 1.807) is 18.3 Å². The van der Waals surface area contributed by atoms with Crippen molar-refractivity contribution in [2.24, 2.45) is 0 Å². The van der Waals surface area contributed by atoms with Crippen LogP contribution in [0.1, 0.15) is 42.5 Å². The fourth-order valence-corrected chi connectivity index (χ4v) is 3.84. The molecule has 1 aliphatic carbocycles. The summed E-state index contributed by atoms with van der Waals surface area (Å²) in [5, 5.41) is 8.33. The first-order valence-electron chi connectivity index (χ1n) is 8.73. The van der Waals surface area contributed by atoms with Gasteiger partial charge in [-0.25, -0.2) is 4.39 Å². The molecule has 1 fully saturated rings. The number of fused-ring (bicyclic) bond motifs is 1. The number of hydrogen-bond donors (Lipinski definition) is 0. The maximum Gasteiger partial charge on any atom is 0.123 e. The summed E-state index contributed by atoms with van der Waals surface area (Å²) in [7, 11) is 0. The van der Waals surface area contributed by atoms with Crippen LogP contribution in [0.2, 0.25) is 0 Å². The second-order valence-electron chi connectivity index (χ2n) is 6.81. The van der Waals surface area contributed by atoms with E-state index in [9.17, 15) is 4.39 Å². The van der Waals surface area contributed by atoms with Crippen molar-refractivity contribution in [1.29, 1.82) is 0 Å². The maximum absolute atomic E-state index is 13.7. The molecule has 1 atom stereocenters. The van der Waals surface area contributed by atoms with Gasteiger partial charge in [-0.15, -0.1) is 0 Å². The molecule has 24 heavy (non-hydrogen) atoms. The van der Waals surface area contributed by atoms with E-state index in [1.807, 2.05) is 18.2 Å². The lowest BCUT2D eigenvalue weighted by Crippen LogP contribution is -2.37. The summed E-state index contributed by atoms with van der Waals surface area (Å²) in [6.07, 6.45) is 4.93. The van der Waals surface area contributed by atoms with E-state index in [-0.39, 0.29) is 11.7 Å². The van der Waals surface area contributed by atoms with Crippen LogP contribution in [-0.2, 0) is 6.42 Å². The zero-order valence-corrected chi connectivity index (χ0v) is 14.0. The predicted octanol–water partition coefficient (Wildman–Crippen LogP) is 3.82. The van der Waals surface area contributed by atoms with Crippen LogP contribution in [0.4, 0.5) is 4.39 Å². The van der Waals surface area contributed by atoms with Gasteiger partial charge in [-0.05, 0) is 73.3 Å². The van der Waals surface area contributed by atoms with Gasteiger partial charge >= 0.3 is 0 Å². The molecule has 0 radical (unpaired) electrons. The monoisotopic (exact) mass is 323 g/mol. The Kier molecular flexibility index (Phi) is 4.15. The van der Waals surface area contributed by atoms with Crippen LogP contribution < -0.4 is 0 Å². The summed E-state index contributed by atoms with van der Waals surface area (Å²) >= 11 is 0. The summed E-state index contributed by atoms with van der Waals surface area (Å²) in [4.78, 5) is 2.49. The molecular formula is C20H22FN3. The van der Waals surface area contributed by atoms with Gasteiger partial charge in [0.2, 0.25) is 0 Å². The molecular weight excluding hydrogens is 301 g/mol. The van der Waals surface area contributed by atoms with Crippen molar-refractivity contribution >= 4 is 5.57 Å². The van der Waals surface area contributed by atoms with E-state index in [1.165, 1.54) is 36.2 Å². The molecule has 0 bridgehead atoms. The van der Waals surface area contributed by atoms with Gasteiger partial charge in [0.05, 0.1) is 5.69 Å². The lowest BCUT2D eigenvalue weighted by atomic mass is 9.90. The summed E-state index contributed by atoms with van der Waals surface area (Å²) in [5.74, 6) is 0.0288. The summed E-state index contributed by atoms with van der Waals surface area (Å²) in [6, 6.07) is 9.15. The molecule has 2 aromatic rings. The molecule has 0 saturated carbocycles. The minimum Gasteiger partial charge on any atom is -0.303 e. The van der Waals surface area contributed by atoms with E-state index < -0.39 is 0 Å². The Bertz CT molecular complexity index is 766. The number of halogens is 1. The Morgan fingerprint density at radius 1 is 1.25 bits per heavy atom. The van der Waals surface area contributed by atoms with Gasteiger partial charge in [0.15, 0.2) is 0 Å². The van der Waals surface area contributed by atoms with Crippen molar-refractivity contribution in [2.75, 3.05) is 19.6 Å². The molecule has 4 rings (SSSR count). The Morgan fingerprint density at radius 2 is 2.12 bits per heavy atom. The van der Waals surface area contributed by atoms with Gasteiger partial charge in [0, 0.05) is 18.7 Å². The second-order valence-corrected chi connectivity index (χ2v) is 6.81. The van der Waals surface area contributed by atoms with Crippen LogP contribution in [0.3, 0.4) is 0 Å². The highest BCUT2D eigenvalue weighted by molar-refractivity contribution is 5.80. The number of nitrogens with zero attached hydrogens (tertiary/aromatic N) is 3. The van der Waals surface area contributed by atoms with E-state index in [2.05, 4.69) is 22.0 Å². The third-order valence-corrected chi connectivity index (χ3v) is 5.29. The van der Waals surface area contributed by atoms with Crippen molar-refractivity contribution in [2.45, 2.75) is 32.1 Å². The van der Waals surface area contributed by atoms with Crippen molar-refractivity contribution in [1.82, 2.24) is 15.1 Å². The Balaban J connectivity index is 1.68. The third-order valence-electron chi connectivity index (χ3n) is 5.29. The molecule has 4 heteroatoms. The minimum absolute atomic E-state index is 0.149. The SMILES string of the molecule is CC(C1=C(CCN2CCC2)Cc2cc(F)ccc21)c1cccnn1. The van der Waals surface area contributed by atoms with Crippen LogP contribution in [0.5, 0.6) is 0 Å². The smallest absolute Gasteiger partial charge is 0.123 e. The van der Waals surface area contributed by atoms with Gasteiger partial charge in [-0.3, -0.25) is 0 Å². The lowest BCUT2D eigenvalue weighted by molar-refractivity contribution is 0.184. The zero-order valence-electron chi connectivity index (χ0n) is 14.0. The van der Waals surface area contributed by atoms with E-state index >= 15 is 0 Å². The number of allylic oxidation sites excluding steroid dienone is 1. The second kappa shape index (κ2) is 6.44.